The lowest BCUT2D eigenvalue weighted by Gasteiger charge is -2.10. The molecule has 1 atom stereocenters. The highest BCUT2D eigenvalue weighted by Gasteiger charge is 2.15. The molecule has 0 saturated carbocycles. The van der Waals surface area contributed by atoms with Crippen LogP contribution >= 0.6 is 0 Å². The lowest BCUT2D eigenvalue weighted by atomic mass is 10.2. The van der Waals surface area contributed by atoms with Crippen LogP contribution in [0.5, 0.6) is 5.75 Å². The first kappa shape index (κ1) is 13.5. The molecule has 2 aromatic rings. The second kappa shape index (κ2) is 5.84. The van der Waals surface area contributed by atoms with Crippen LogP contribution in [0.2, 0.25) is 0 Å². The van der Waals surface area contributed by atoms with Crippen LogP contribution in [-0.4, -0.2) is 28.6 Å². The summed E-state index contributed by atoms with van der Waals surface area (Å²) in [6, 6.07) is 8.00. The topological polar surface area (TPSA) is 52.0 Å². The number of rotatable bonds is 5. The normalized spacial score (nSPS) is 12.4. The molecule has 0 aliphatic carbocycles. The molecule has 0 bridgehead atoms. The van der Waals surface area contributed by atoms with E-state index in [0.717, 1.165) is 29.4 Å². The van der Waals surface area contributed by atoms with E-state index >= 15 is 0 Å². The van der Waals surface area contributed by atoms with Gasteiger partial charge in [-0.2, -0.15) is 0 Å². The molecule has 102 valence electrons. The maximum atomic E-state index is 5.24. The molecule has 5 nitrogen and oxygen atoms in total. The van der Waals surface area contributed by atoms with Crippen molar-refractivity contribution in [2.45, 2.75) is 26.8 Å². The monoisotopic (exact) mass is 260 g/mol. The number of hydrogen-bond acceptors (Lipinski definition) is 4. The lowest BCUT2D eigenvalue weighted by molar-refractivity contribution is 0.414. The van der Waals surface area contributed by atoms with Gasteiger partial charge >= 0.3 is 0 Å². The molecule has 1 aromatic carbocycles. The third-order valence-corrected chi connectivity index (χ3v) is 3.15. The highest BCUT2D eigenvalue weighted by molar-refractivity contribution is 5.40. The van der Waals surface area contributed by atoms with E-state index in [1.54, 1.807) is 7.11 Å². The number of aromatic nitrogens is 3. The van der Waals surface area contributed by atoms with Crippen molar-refractivity contribution in [2.75, 3.05) is 13.7 Å². The molecule has 0 saturated heterocycles. The van der Waals surface area contributed by atoms with Crippen LogP contribution in [0.3, 0.4) is 0 Å². The van der Waals surface area contributed by atoms with E-state index in [-0.39, 0.29) is 6.04 Å². The second-order valence-corrected chi connectivity index (χ2v) is 4.45. The van der Waals surface area contributed by atoms with Crippen molar-refractivity contribution < 1.29 is 4.74 Å². The van der Waals surface area contributed by atoms with Gasteiger partial charge in [-0.1, -0.05) is 18.2 Å². The fraction of sp³-hybridized carbons (Fsp3) is 0.429. The number of methoxy groups -OCH3 is 1. The molecule has 0 fully saturated rings. The molecule has 1 aromatic heterocycles. The number of benzene rings is 1. The quantitative estimate of drug-likeness (QED) is 0.896. The number of hydrogen-bond donors (Lipinski definition) is 1. The van der Waals surface area contributed by atoms with Crippen LogP contribution in [-0.2, 0) is 0 Å². The van der Waals surface area contributed by atoms with Gasteiger partial charge in [-0.25, -0.2) is 4.68 Å². The molecule has 0 spiro atoms. The van der Waals surface area contributed by atoms with E-state index in [0.29, 0.717) is 0 Å². The van der Waals surface area contributed by atoms with Crippen LogP contribution < -0.4 is 10.1 Å². The SMILES string of the molecule is CCNC(C)c1nnn(-c2cccc(OC)c2)c1C. The number of ether oxygens (including phenoxy) is 1. The van der Waals surface area contributed by atoms with E-state index in [2.05, 4.69) is 29.5 Å². The molecule has 1 unspecified atom stereocenters. The predicted molar refractivity (Wildman–Crippen MR) is 74.7 cm³/mol. The molecule has 2 rings (SSSR count). The predicted octanol–water partition coefficient (Wildman–Crippen LogP) is 2.25. The van der Waals surface area contributed by atoms with Gasteiger partial charge in [-0.05, 0) is 32.5 Å². The highest BCUT2D eigenvalue weighted by atomic mass is 16.5. The molecule has 19 heavy (non-hydrogen) atoms. The zero-order chi connectivity index (χ0) is 13.8. The van der Waals surface area contributed by atoms with E-state index in [4.69, 9.17) is 4.74 Å². The van der Waals surface area contributed by atoms with Crippen LogP contribution in [0.1, 0.15) is 31.3 Å². The lowest BCUT2D eigenvalue weighted by Crippen LogP contribution is -2.19. The Labute approximate surface area is 113 Å². The first-order chi connectivity index (χ1) is 9.17. The summed E-state index contributed by atoms with van der Waals surface area (Å²) >= 11 is 0. The van der Waals surface area contributed by atoms with Gasteiger partial charge in [0.15, 0.2) is 0 Å². The minimum atomic E-state index is 0.198. The first-order valence-electron chi connectivity index (χ1n) is 6.47. The van der Waals surface area contributed by atoms with Crippen LogP contribution in [0.15, 0.2) is 24.3 Å². The van der Waals surface area contributed by atoms with Crippen LogP contribution in [0, 0.1) is 6.92 Å². The van der Waals surface area contributed by atoms with Crippen molar-refractivity contribution >= 4 is 0 Å². The average molecular weight is 260 g/mol. The van der Waals surface area contributed by atoms with E-state index in [1.165, 1.54) is 0 Å². The minimum absolute atomic E-state index is 0.198. The van der Waals surface area contributed by atoms with Crippen LogP contribution in [0.4, 0.5) is 0 Å². The van der Waals surface area contributed by atoms with Gasteiger partial charge in [-0.15, -0.1) is 5.10 Å². The summed E-state index contributed by atoms with van der Waals surface area (Å²) in [6.07, 6.45) is 0. The van der Waals surface area contributed by atoms with Crippen molar-refractivity contribution in [1.82, 2.24) is 20.3 Å². The van der Waals surface area contributed by atoms with Gasteiger partial charge in [0, 0.05) is 6.07 Å². The molecule has 5 heteroatoms. The summed E-state index contributed by atoms with van der Waals surface area (Å²) in [6.45, 7) is 7.12. The molecule has 0 amide bonds. The Bertz CT molecular complexity index is 550. The van der Waals surface area contributed by atoms with Crippen molar-refractivity contribution in [2.24, 2.45) is 0 Å². The van der Waals surface area contributed by atoms with E-state index < -0.39 is 0 Å². The first-order valence-corrected chi connectivity index (χ1v) is 6.47. The van der Waals surface area contributed by atoms with Gasteiger partial charge in [0.2, 0.25) is 0 Å². The van der Waals surface area contributed by atoms with Gasteiger partial charge in [0.25, 0.3) is 0 Å². The summed E-state index contributed by atoms with van der Waals surface area (Å²) in [7, 11) is 1.66. The second-order valence-electron chi connectivity index (χ2n) is 4.45. The Morgan fingerprint density at radius 1 is 1.42 bits per heavy atom. The molecule has 0 aliphatic heterocycles. The third-order valence-electron chi connectivity index (χ3n) is 3.15. The maximum absolute atomic E-state index is 5.24. The Hall–Kier alpha value is -1.88. The molecule has 0 aliphatic rings. The van der Waals surface area contributed by atoms with Gasteiger partial charge in [-0.3, -0.25) is 0 Å². The standard InChI is InChI=1S/C14H20N4O/c1-5-15-10(2)14-11(3)18(17-16-14)12-7-6-8-13(9-12)19-4/h6-10,15H,5H2,1-4H3. The molecule has 0 radical (unpaired) electrons. The largest absolute Gasteiger partial charge is 0.497 e. The maximum Gasteiger partial charge on any atom is 0.121 e. The van der Waals surface area contributed by atoms with Crippen molar-refractivity contribution in [3.63, 3.8) is 0 Å². The molecule has 1 N–H and O–H groups in total. The van der Waals surface area contributed by atoms with Crippen molar-refractivity contribution in [3.05, 3.63) is 35.7 Å². The third kappa shape index (κ3) is 2.76. The van der Waals surface area contributed by atoms with E-state index in [9.17, 15) is 0 Å². The van der Waals surface area contributed by atoms with Gasteiger partial charge < -0.3 is 10.1 Å². The van der Waals surface area contributed by atoms with Crippen molar-refractivity contribution in [3.8, 4) is 11.4 Å². The van der Waals surface area contributed by atoms with Crippen LogP contribution in [0.25, 0.3) is 5.69 Å². The summed E-state index contributed by atoms with van der Waals surface area (Å²) in [5.41, 5.74) is 2.98. The summed E-state index contributed by atoms with van der Waals surface area (Å²) in [4.78, 5) is 0. The Kier molecular flexibility index (Phi) is 4.16. The Balaban J connectivity index is 2.35. The Morgan fingerprint density at radius 2 is 2.21 bits per heavy atom. The fourth-order valence-corrected chi connectivity index (χ4v) is 2.13. The Morgan fingerprint density at radius 3 is 2.89 bits per heavy atom. The average Bonchev–Trinajstić information content (AvgIpc) is 2.81. The van der Waals surface area contributed by atoms with Crippen molar-refractivity contribution in [1.29, 1.82) is 0 Å². The smallest absolute Gasteiger partial charge is 0.121 e. The molecular formula is C14H20N4O. The molecular weight excluding hydrogens is 240 g/mol. The summed E-state index contributed by atoms with van der Waals surface area (Å²) < 4.78 is 7.07. The fourth-order valence-electron chi connectivity index (χ4n) is 2.13. The van der Waals surface area contributed by atoms with Gasteiger partial charge in [0.1, 0.15) is 11.4 Å². The number of nitrogens with zero attached hydrogens (tertiary/aromatic N) is 3. The minimum Gasteiger partial charge on any atom is -0.497 e. The summed E-state index contributed by atoms with van der Waals surface area (Å²) in [5, 5.41) is 11.9. The summed E-state index contributed by atoms with van der Waals surface area (Å²) in [5.74, 6) is 0.814. The zero-order valence-electron chi connectivity index (χ0n) is 11.8. The van der Waals surface area contributed by atoms with Gasteiger partial charge in [0.05, 0.1) is 24.5 Å². The molecule has 1 heterocycles. The highest BCUT2D eigenvalue weighted by Crippen LogP contribution is 2.20. The van der Waals surface area contributed by atoms with E-state index in [1.807, 2.05) is 35.9 Å². The number of nitrogens with one attached hydrogen (secondary N) is 1. The zero-order valence-corrected chi connectivity index (χ0v) is 11.8.